The lowest BCUT2D eigenvalue weighted by Crippen LogP contribution is -1.98. The van der Waals surface area contributed by atoms with E-state index in [-0.39, 0.29) is 0 Å². The molecule has 0 radical (unpaired) electrons. The first-order chi connectivity index (χ1) is 10.2. The fourth-order valence-corrected chi connectivity index (χ4v) is 4.06. The fourth-order valence-electron chi connectivity index (χ4n) is 2.14. The molecule has 0 unspecified atom stereocenters. The van der Waals surface area contributed by atoms with Crippen molar-refractivity contribution < 1.29 is 4.74 Å². The predicted octanol–water partition coefficient (Wildman–Crippen LogP) is 5.94. The van der Waals surface area contributed by atoms with E-state index in [4.69, 9.17) is 16.3 Å². The summed E-state index contributed by atoms with van der Waals surface area (Å²) in [5.74, 6) is 0.814. The highest BCUT2D eigenvalue weighted by atomic mass is 79.9. The van der Waals surface area contributed by atoms with Crippen molar-refractivity contribution in [3.8, 4) is 5.75 Å². The van der Waals surface area contributed by atoms with E-state index in [2.05, 4.69) is 33.4 Å². The summed E-state index contributed by atoms with van der Waals surface area (Å²) in [4.78, 5) is 1.14. The lowest BCUT2D eigenvalue weighted by molar-refractivity contribution is 0.414. The Hall–Kier alpha value is -1.23. The zero-order valence-electron chi connectivity index (χ0n) is 11.3. The lowest BCUT2D eigenvalue weighted by Gasteiger charge is -2.08. The van der Waals surface area contributed by atoms with E-state index in [1.807, 2.05) is 30.3 Å². The monoisotopic (exact) mass is 381 g/mol. The number of fused-ring (bicyclic) bond motifs is 1. The molecule has 3 aromatic rings. The summed E-state index contributed by atoms with van der Waals surface area (Å²) >= 11 is 11.6. The van der Waals surface area contributed by atoms with Gasteiger partial charge in [-0.1, -0.05) is 45.7 Å². The summed E-state index contributed by atoms with van der Waals surface area (Å²) in [7, 11) is 1.66. The molecular formula is C16H13BrClNOS. The Morgan fingerprint density at radius 1 is 1.24 bits per heavy atom. The molecule has 1 N–H and O–H groups in total. The van der Waals surface area contributed by atoms with E-state index in [1.165, 1.54) is 4.70 Å². The first-order valence-corrected chi connectivity index (χ1v) is 8.40. The van der Waals surface area contributed by atoms with Crippen molar-refractivity contribution in [1.82, 2.24) is 0 Å². The maximum atomic E-state index is 6.45. The van der Waals surface area contributed by atoms with Gasteiger partial charge in [0.05, 0.1) is 18.7 Å². The lowest BCUT2D eigenvalue weighted by atomic mass is 10.2. The van der Waals surface area contributed by atoms with Gasteiger partial charge in [-0.25, -0.2) is 0 Å². The number of anilines is 1. The third kappa shape index (κ3) is 3.18. The van der Waals surface area contributed by atoms with Crippen LogP contribution in [-0.2, 0) is 6.54 Å². The topological polar surface area (TPSA) is 21.3 Å². The number of methoxy groups -OCH3 is 1. The van der Waals surface area contributed by atoms with E-state index < -0.39 is 0 Å². The third-order valence-electron chi connectivity index (χ3n) is 3.16. The summed E-state index contributed by atoms with van der Waals surface area (Å²) in [6.07, 6.45) is 0. The van der Waals surface area contributed by atoms with Gasteiger partial charge in [-0.2, -0.15) is 0 Å². The predicted molar refractivity (Wildman–Crippen MR) is 94.9 cm³/mol. The summed E-state index contributed by atoms with van der Waals surface area (Å²) in [5, 5.41) is 5.35. The van der Waals surface area contributed by atoms with Crippen LogP contribution in [0.2, 0.25) is 5.02 Å². The molecule has 0 atom stereocenters. The third-order valence-corrected chi connectivity index (χ3v) is 5.33. The molecule has 3 rings (SSSR count). The van der Waals surface area contributed by atoms with Crippen LogP contribution >= 0.6 is 38.9 Å². The van der Waals surface area contributed by atoms with Gasteiger partial charge in [0, 0.05) is 31.2 Å². The summed E-state index contributed by atoms with van der Waals surface area (Å²) < 4.78 is 7.46. The Kier molecular flexibility index (Phi) is 4.38. The minimum atomic E-state index is 0.692. The Morgan fingerprint density at radius 2 is 2.05 bits per heavy atom. The van der Waals surface area contributed by atoms with Gasteiger partial charge in [-0.05, 0) is 18.2 Å². The first kappa shape index (κ1) is 14.7. The van der Waals surface area contributed by atoms with Crippen LogP contribution in [-0.4, -0.2) is 7.11 Å². The highest BCUT2D eigenvalue weighted by molar-refractivity contribution is 9.10. The maximum absolute atomic E-state index is 6.45. The quantitative estimate of drug-likeness (QED) is 0.603. The highest BCUT2D eigenvalue weighted by Crippen LogP contribution is 2.35. The smallest absolute Gasteiger partial charge is 0.122 e. The normalized spacial score (nSPS) is 10.8. The van der Waals surface area contributed by atoms with Crippen LogP contribution in [0.15, 0.2) is 46.9 Å². The second-order valence-electron chi connectivity index (χ2n) is 4.57. The Labute approximate surface area is 140 Å². The minimum absolute atomic E-state index is 0.692. The van der Waals surface area contributed by atoms with E-state index in [9.17, 15) is 0 Å². The molecule has 0 aliphatic heterocycles. The number of hydrogen-bond donors (Lipinski definition) is 1. The molecule has 108 valence electrons. The number of nitrogens with one attached hydrogen (secondary N) is 1. The van der Waals surface area contributed by atoms with Crippen LogP contribution in [0, 0.1) is 0 Å². The Balaban J connectivity index is 1.83. The van der Waals surface area contributed by atoms with Gasteiger partial charge in [-0.3, -0.25) is 0 Å². The maximum Gasteiger partial charge on any atom is 0.122 e. The van der Waals surface area contributed by atoms with Crippen molar-refractivity contribution >= 4 is 54.6 Å². The van der Waals surface area contributed by atoms with Gasteiger partial charge < -0.3 is 10.1 Å². The van der Waals surface area contributed by atoms with E-state index >= 15 is 0 Å². The Morgan fingerprint density at radius 3 is 2.81 bits per heavy atom. The molecule has 0 aliphatic carbocycles. The molecule has 1 aromatic heterocycles. The van der Waals surface area contributed by atoms with Crippen molar-refractivity contribution in [3.63, 3.8) is 0 Å². The minimum Gasteiger partial charge on any atom is -0.497 e. The van der Waals surface area contributed by atoms with E-state index in [0.29, 0.717) is 6.54 Å². The largest absolute Gasteiger partial charge is 0.497 e. The van der Waals surface area contributed by atoms with Crippen molar-refractivity contribution in [3.05, 3.63) is 56.8 Å². The standard InChI is InChI=1S/C16H13BrClNOS/c1-20-12-7-10(17)6-11(8-12)19-9-15-16(18)13-4-2-3-5-14(13)21-15/h2-8,19H,9H2,1H3. The van der Waals surface area contributed by atoms with Gasteiger partial charge in [0.1, 0.15) is 5.75 Å². The summed E-state index contributed by atoms with van der Waals surface area (Å²) in [5.41, 5.74) is 0.995. The Bertz CT molecular complexity index is 787. The molecule has 5 heteroatoms. The number of benzene rings is 2. The van der Waals surface area contributed by atoms with Crippen LogP contribution < -0.4 is 10.1 Å². The average molecular weight is 383 g/mol. The molecule has 0 saturated heterocycles. The molecular weight excluding hydrogens is 370 g/mol. The van der Waals surface area contributed by atoms with Gasteiger partial charge >= 0.3 is 0 Å². The van der Waals surface area contributed by atoms with Crippen LogP contribution in [0.5, 0.6) is 5.75 Å². The van der Waals surface area contributed by atoms with Crippen LogP contribution in [0.4, 0.5) is 5.69 Å². The van der Waals surface area contributed by atoms with Gasteiger partial charge in [0.15, 0.2) is 0 Å². The number of halogens is 2. The second-order valence-corrected chi connectivity index (χ2v) is 7.00. The molecule has 2 aromatic carbocycles. The van der Waals surface area contributed by atoms with Crippen LogP contribution in [0.3, 0.4) is 0 Å². The zero-order chi connectivity index (χ0) is 14.8. The summed E-state index contributed by atoms with van der Waals surface area (Å²) in [6.45, 7) is 0.692. The van der Waals surface area contributed by atoms with Crippen LogP contribution in [0.1, 0.15) is 4.88 Å². The average Bonchev–Trinajstić information content (AvgIpc) is 2.81. The fraction of sp³-hybridized carbons (Fsp3) is 0.125. The number of thiophene rings is 1. The van der Waals surface area contributed by atoms with Crippen molar-refractivity contribution in [2.24, 2.45) is 0 Å². The molecule has 2 nitrogen and oxygen atoms in total. The molecule has 0 saturated carbocycles. The van der Waals surface area contributed by atoms with Gasteiger partial charge in [0.2, 0.25) is 0 Å². The van der Waals surface area contributed by atoms with Crippen molar-refractivity contribution in [2.45, 2.75) is 6.54 Å². The van der Waals surface area contributed by atoms with Gasteiger partial charge in [-0.15, -0.1) is 11.3 Å². The van der Waals surface area contributed by atoms with E-state index in [1.54, 1.807) is 18.4 Å². The number of hydrogen-bond acceptors (Lipinski definition) is 3. The van der Waals surface area contributed by atoms with Crippen molar-refractivity contribution in [2.75, 3.05) is 12.4 Å². The highest BCUT2D eigenvalue weighted by Gasteiger charge is 2.09. The van der Waals surface area contributed by atoms with Crippen molar-refractivity contribution in [1.29, 1.82) is 0 Å². The SMILES string of the molecule is COc1cc(Br)cc(NCc2sc3ccccc3c2Cl)c1. The van der Waals surface area contributed by atoms with Crippen LogP contribution in [0.25, 0.3) is 10.1 Å². The molecule has 0 amide bonds. The molecule has 0 fully saturated rings. The molecule has 21 heavy (non-hydrogen) atoms. The first-order valence-electron chi connectivity index (χ1n) is 6.42. The number of ether oxygens (including phenoxy) is 1. The van der Waals surface area contributed by atoms with Gasteiger partial charge in [0.25, 0.3) is 0 Å². The molecule has 0 spiro atoms. The molecule has 0 bridgehead atoms. The molecule has 0 aliphatic rings. The zero-order valence-corrected chi connectivity index (χ0v) is 14.5. The molecule has 1 heterocycles. The number of rotatable bonds is 4. The van der Waals surface area contributed by atoms with E-state index in [0.717, 1.165) is 31.2 Å². The second kappa shape index (κ2) is 6.26. The summed E-state index contributed by atoms with van der Waals surface area (Å²) in [6, 6.07) is 14.1.